The number of para-hydroxylation sites is 1. The van der Waals surface area contributed by atoms with Gasteiger partial charge < -0.3 is 36.3 Å². The largest absolute Gasteiger partial charge is 0.508 e. The highest BCUT2D eigenvalue weighted by molar-refractivity contribution is 6.10. The van der Waals surface area contributed by atoms with E-state index in [1.165, 1.54) is 48.6 Å². The fourth-order valence-corrected chi connectivity index (χ4v) is 4.37. The van der Waals surface area contributed by atoms with E-state index in [-0.39, 0.29) is 30.1 Å². The molecule has 1 aromatic heterocycles. The lowest BCUT2D eigenvalue weighted by molar-refractivity contribution is -0.141. The van der Waals surface area contributed by atoms with Crippen LogP contribution in [-0.4, -0.2) is 55.5 Å². The van der Waals surface area contributed by atoms with Gasteiger partial charge in [-0.1, -0.05) is 30.3 Å². The SMILES string of the molecule is N=C(N)c1cn(CC(=O)Nc2ccc(C(=O)O)cc2)c2c(/C=C/C(=O)NC(Cc3ccc(O)cc3)C(=O)O)cccc12. The van der Waals surface area contributed by atoms with Crippen LogP contribution in [0.3, 0.4) is 0 Å². The van der Waals surface area contributed by atoms with Crippen LogP contribution >= 0.6 is 0 Å². The summed E-state index contributed by atoms with van der Waals surface area (Å²) in [6.45, 7) is -0.185. The van der Waals surface area contributed by atoms with E-state index in [0.29, 0.717) is 33.3 Å². The Morgan fingerprint density at radius 3 is 2.29 bits per heavy atom. The molecule has 0 spiro atoms. The second kappa shape index (κ2) is 12.5. The lowest BCUT2D eigenvalue weighted by Crippen LogP contribution is -2.41. The lowest BCUT2D eigenvalue weighted by Gasteiger charge is -2.13. The number of rotatable bonds is 11. The highest BCUT2D eigenvalue weighted by atomic mass is 16.4. The number of hydrogen-bond acceptors (Lipinski definition) is 6. The average molecular weight is 570 g/mol. The minimum Gasteiger partial charge on any atom is -0.508 e. The first-order chi connectivity index (χ1) is 20.0. The summed E-state index contributed by atoms with van der Waals surface area (Å²) in [6.07, 6.45) is 4.20. The molecule has 214 valence electrons. The number of phenolic OH excluding ortho intramolecular Hbond substituents is 1. The number of carbonyl (C=O) groups excluding carboxylic acids is 2. The van der Waals surface area contributed by atoms with Crippen LogP contribution in [0.4, 0.5) is 5.69 Å². The topological polar surface area (TPSA) is 208 Å². The number of nitrogens with zero attached hydrogens (tertiary/aromatic N) is 1. The van der Waals surface area contributed by atoms with E-state index >= 15 is 0 Å². The smallest absolute Gasteiger partial charge is 0.335 e. The minimum absolute atomic E-state index is 0.00371. The van der Waals surface area contributed by atoms with Gasteiger partial charge in [0, 0.05) is 35.3 Å². The molecular weight excluding hydrogens is 542 g/mol. The van der Waals surface area contributed by atoms with Gasteiger partial charge in [0.15, 0.2) is 0 Å². The van der Waals surface area contributed by atoms with Gasteiger partial charge in [0.2, 0.25) is 11.8 Å². The number of aromatic nitrogens is 1. The van der Waals surface area contributed by atoms with Crippen molar-refractivity contribution >= 4 is 52.3 Å². The quantitative estimate of drug-likeness (QED) is 0.0809. The van der Waals surface area contributed by atoms with Crippen LogP contribution in [0, 0.1) is 5.41 Å². The van der Waals surface area contributed by atoms with Crippen molar-refractivity contribution in [3.8, 4) is 5.75 Å². The third kappa shape index (κ3) is 6.99. The molecule has 3 aromatic carbocycles. The Bertz CT molecular complexity index is 1710. The van der Waals surface area contributed by atoms with Crippen molar-refractivity contribution in [2.75, 3.05) is 5.32 Å². The van der Waals surface area contributed by atoms with Crippen LogP contribution in [0.1, 0.15) is 27.0 Å². The number of nitrogens with two attached hydrogens (primary N) is 1. The average Bonchev–Trinajstić information content (AvgIpc) is 3.32. The molecule has 8 N–H and O–H groups in total. The molecule has 0 aliphatic carbocycles. The molecule has 1 unspecified atom stereocenters. The fourth-order valence-electron chi connectivity index (χ4n) is 4.37. The maximum Gasteiger partial charge on any atom is 0.335 e. The molecule has 0 aliphatic heterocycles. The molecule has 0 saturated carbocycles. The molecule has 12 heteroatoms. The first-order valence-electron chi connectivity index (χ1n) is 12.6. The van der Waals surface area contributed by atoms with E-state index in [2.05, 4.69) is 10.6 Å². The van der Waals surface area contributed by atoms with Crippen molar-refractivity contribution < 1.29 is 34.5 Å². The summed E-state index contributed by atoms with van der Waals surface area (Å²) in [4.78, 5) is 48.4. The van der Waals surface area contributed by atoms with Crippen molar-refractivity contribution in [1.29, 1.82) is 5.41 Å². The molecule has 1 atom stereocenters. The van der Waals surface area contributed by atoms with Crippen LogP contribution in [0.25, 0.3) is 17.0 Å². The number of nitrogen functional groups attached to an aromatic ring is 1. The number of aromatic hydroxyl groups is 1. The first kappa shape index (κ1) is 29.1. The van der Waals surface area contributed by atoms with E-state index in [1.54, 1.807) is 41.1 Å². The number of aliphatic carboxylic acids is 1. The monoisotopic (exact) mass is 569 g/mol. The molecule has 4 aromatic rings. The summed E-state index contributed by atoms with van der Waals surface area (Å²) >= 11 is 0. The predicted molar refractivity (Wildman–Crippen MR) is 155 cm³/mol. The van der Waals surface area contributed by atoms with Gasteiger partial charge in [-0.2, -0.15) is 0 Å². The van der Waals surface area contributed by atoms with Crippen molar-refractivity contribution in [3.63, 3.8) is 0 Å². The molecule has 0 bridgehead atoms. The second-order valence-electron chi connectivity index (χ2n) is 9.36. The number of carbonyl (C=O) groups is 4. The number of benzene rings is 3. The number of aromatic carboxylic acids is 1. The van der Waals surface area contributed by atoms with Gasteiger partial charge in [0.25, 0.3) is 0 Å². The number of anilines is 1. The Morgan fingerprint density at radius 2 is 1.67 bits per heavy atom. The van der Waals surface area contributed by atoms with Gasteiger partial charge in [0.1, 0.15) is 24.2 Å². The van der Waals surface area contributed by atoms with E-state index in [9.17, 15) is 29.4 Å². The zero-order chi connectivity index (χ0) is 30.4. The van der Waals surface area contributed by atoms with E-state index in [0.717, 1.165) is 0 Å². The van der Waals surface area contributed by atoms with Crippen LogP contribution in [0.2, 0.25) is 0 Å². The number of amidine groups is 1. The summed E-state index contributed by atoms with van der Waals surface area (Å²) < 4.78 is 1.58. The van der Waals surface area contributed by atoms with Gasteiger partial charge in [-0.25, -0.2) is 9.59 Å². The van der Waals surface area contributed by atoms with Crippen LogP contribution in [-0.2, 0) is 27.3 Å². The second-order valence-corrected chi connectivity index (χ2v) is 9.36. The number of carboxylic acid groups (broad SMARTS) is 2. The number of hydrogen-bond donors (Lipinski definition) is 7. The third-order valence-corrected chi connectivity index (χ3v) is 6.35. The molecule has 1 heterocycles. The third-order valence-electron chi connectivity index (χ3n) is 6.35. The molecule has 42 heavy (non-hydrogen) atoms. The van der Waals surface area contributed by atoms with Crippen LogP contribution in [0.5, 0.6) is 5.75 Å². The number of amides is 2. The zero-order valence-electron chi connectivity index (χ0n) is 22.1. The Labute approximate surface area is 239 Å². The molecule has 0 aliphatic rings. The normalized spacial score (nSPS) is 11.7. The highest BCUT2D eigenvalue weighted by Crippen LogP contribution is 2.26. The van der Waals surface area contributed by atoms with Crippen molar-refractivity contribution in [3.05, 3.63) is 101 Å². The minimum atomic E-state index is -1.23. The number of phenols is 1. The van der Waals surface area contributed by atoms with Gasteiger partial charge >= 0.3 is 11.9 Å². The molecule has 0 fully saturated rings. The number of nitrogens with one attached hydrogen (secondary N) is 3. The van der Waals surface area contributed by atoms with Gasteiger partial charge in [0.05, 0.1) is 11.1 Å². The number of fused-ring (bicyclic) bond motifs is 1. The van der Waals surface area contributed by atoms with Crippen molar-refractivity contribution in [2.24, 2.45) is 5.73 Å². The van der Waals surface area contributed by atoms with Crippen LogP contribution in [0.15, 0.2) is 79.0 Å². The molecule has 0 radical (unpaired) electrons. The predicted octanol–water partition coefficient (Wildman–Crippen LogP) is 2.79. The summed E-state index contributed by atoms with van der Waals surface area (Å²) in [5, 5.41) is 41.8. The first-order valence-corrected chi connectivity index (χ1v) is 12.6. The van der Waals surface area contributed by atoms with E-state index < -0.39 is 29.8 Å². The molecule has 0 saturated heterocycles. The maximum atomic E-state index is 12.9. The molecule has 4 rings (SSSR count). The maximum absolute atomic E-state index is 12.9. The van der Waals surface area contributed by atoms with Crippen molar-refractivity contribution in [1.82, 2.24) is 9.88 Å². The van der Waals surface area contributed by atoms with Crippen LogP contribution < -0.4 is 16.4 Å². The molecule has 2 amide bonds. The van der Waals surface area contributed by atoms with E-state index in [1.807, 2.05) is 0 Å². The van der Waals surface area contributed by atoms with E-state index in [4.69, 9.17) is 16.2 Å². The summed E-state index contributed by atoms with van der Waals surface area (Å²) in [5.74, 6) is -3.59. The zero-order valence-corrected chi connectivity index (χ0v) is 22.1. The summed E-state index contributed by atoms with van der Waals surface area (Å²) in [7, 11) is 0. The summed E-state index contributed by atoms with van der Waals surface area (Å²) in [6, 6.07) is 15.5. The summed E-state index contributed by atoms with van der Waals surface area (Å²) in [5.41, 5.74) is 8.27. The Hall–Kier alpha value is -5.91. The van der Waals surface area contributed by atoms with Gasteiger partial charge in [-0.3, -0.25) is 15.0 Å². The van der Waals surface area contributed by atoms with Gasteiger partial charge in [-0.05, 0) is 53.6 Å². The standard InChI is InChI=1S/C30H27N5O7/c31-28(32)23-15-35(16-26(38)33-20-9-6-19(7-10-20)29(39)40)27-18(2-1-3-22(23)27)8-13-25(37)34-24(30(41)42)14-17-4-11-21(36)12-5-17/h1-13,15,24,36H,14,16H2,(H3,31,32)(H,33,38)(H,34,37)(H,39,40)(H,41,42)/b13-8+. The van der Waals surface area contributed by atoms with Crippen molar-refractivity contribution in [2.45, 2.75) is 19.0 Å². The number of carboxylic acids is 2. The Balaban J connectivity index is 1.55. The fraction of sp³-hybridized carbons (Fsp3) is 0.100. The van der Waals surface area contributed by atoms with Gasteiger partial charge in [-0.15, -0.1) is 0 Å². The Morgan fingerprint density at radius 1 is 0.976 bits per heavy atom. The Kier molecular flexibility index (Phi) is 8.66. The molecule has 12 nitrogen and oxygen atoms in total. The highest BCUT2D eigenvalue weighted by Gasteiger charge is 2.20. The lowest BCUT2D eigenvalue weighted by atomic mass is 10.1. The molecular formula is C30H27N5O7.